The standard InChI is InChI=1S/C21H23F3N4O2/c1-11-8-15(30-18(24)13-6-5-7-14(22)16(13)23)19-27-12(2)17(28(19)9-11)20(29)26-10-21(3,4)25/h5-9,18H,10,25H2,1-4H3,(H,26,29). The van der Waals surface area contributed by atoms with Crippen molar-refractivity contribution in [1.82, 2.24) is 14.7 Å². The second-order valence-electron chi connectivity index (χ2n) is 7.87. The number of rotatable bonds is 6. The van der Waals surface area contributed by atoms with Gasteiger partial charge in [0.15, 0.2) is 23.0 Å². The Hall–Kier alpha value is -3.07. The number of nitrogens with two attached hydrogens (primary N) is 1. The normalized spacial score (nSPS) is 12.8. The van der Waals surface area contributed by atoms with Gasteiger partial charge < -0.3 is 15.8 Å². The third kappa shape index (κ3) is 4.40. The average Bonchev–Trinajstić information content (AvgIpc) is 2.97. The number of nitrogens with zero attached hydrogens (tertiary/aromatic N) is 2. The van der Waals surface area contributed by atoms with Crippen molar-refractivity contribution in [1.29, 1.82) is 0 Å². The van der Waals surface area contributed by atoms with E-state index in [2.05, 4.69) is 10.3 Å². The van der Waals surface area contributed by atoms with E-state index in [1.54, 1.807) is 33.9 Å². The molecule has 0 aliphatic heterocycles. The number of fused-ring (bicyclic) bond motifs is 1. The molecule has 1 aromatic carbocycles. The lowest BCUT2D eigenvalue weighted by molar-refractivity contribution is 0.0639. The van der Waals surface area contributed by atoms with Gasteiger partial charge >= 0.3 is 0 Å². The van der Waals surface area contributed by atoms with Crippen LogP contribution < -0.4 is 15.8 Å². The first-order chi connectivity index (χ1) is 14.0. The lowest BCUT2D eigenvalue weighted by atomic mass is 10.1. The highest BCUT2D eigenvalue weighted by Crippen LogP contribution is 2.30. The molecule has 0 saturated heterocycles. The third-order valence-electron chi connectivity index (χ3n) is 4.37. The summed E-state index contributed by atoms with van der Waals surface area (Å²) in [6.07, 6.45) is -0.612. The number of pyridine rings is 1. The minimum Gasteiger partial charge on any atom is -0.452 e. The Morgan fingerprint density at radius 1 is 1.33 bits per heavy atom. The van der Waals surface area contributed by atoms with Gasteiger partial charge in [0.25, 0.3) is 12.3 Å². The number of ether oxygens (including phenoxy) is 1. The second kappa shape index (κ2) is 7.98. The fraction of sp³-hybridized carbons (Fsp3) is 0.333. The monoisotopic (exact) mass is 420 g/mol. The summed E-state index contributed by atoms with van der Waals surface area (Å²) in [5.41, 5.74) is 6.20. The molecule has 2 heterocycles. The Labute approximate surface area is 171 Å². The number of carbonyl (C=O) groups excluding carboxylic acids is 1. The Balaban J connectivity index is 1.99. The van der Waals surface area contributed by atoms with E-state index in [9.17, 15) is 18.0 Å². The Morgan fingerprint density at radius 2 is 2.03 bits per heavy atom. The van der Waals surface area contributed by atoms with E-state index in [4.69, 9.17) is 10.5 Å². The van der Waals surface area contributed by atoms with Gasteiger partial charge in [-0.15, -0.1) is 0 Å². The molecular formula is C21H23F3N4O2. The zero-order chi connectivity index (χ0) is 22.2. The van der Waals surface area contributed by atoms with Crippen molar-refractivity contribution < 1.29 is 22.7 Å². The first-order valence-electron chi connectivity index (χ1n) is 9.29. The highest BCUT2D eigenvalue weighted by molar-refractivity contribution is 5.95. The maximum atomic E-state index is 14.7. The average molecular weight is 420 g/mol. The lowest BCUT2D eigenvalue weighted by Crippen LogP contribution is -2.45. The molecule has 3 N–H and O–H groups in total. The maximum Gasteiger partial charge on any atom is 0.270 e. The molecule has 1 atom stereocenters. The number of nitrogens with one attached hydrogen (secondary N) is 1. The van der Waals surface area contributed by atoms with E-state index in [0.717, 1.165) is 12.1 Å². The predicted octanol–water partition coefficient (Wildman–Crippen LogP) is 3.74. The number of alkyl halides is 1. The third-order valence-corrected chi connectivity index (χ3v) is 4.37. The Morgan fingerprint density at radius 3 is 2.70 bits per heavy atom. The van der Waals surface area contributed by atoms with Gasteiger partial charge in [-0.05, 0) is 51.5 Å². The van der Waals surface area contributed by atoms with E-state index in [0.29, 0.717) is 11.3 Å². The van der Waals surface area contributed by atoms with Crippen LogP contribution in [0.25, 0.3) is 5.65 Å². The van der Waals surface area contributed by atoms with E-state index in [-0.39, 0.29) is 23.6 Å². The maximum absolute atomic E-state index is 14.7. The van der Waals surface area contributed by atoms with Crippen molar-refractivity contribution in [2.24, 2.45) is 5.73 Å². The number of aromatic nitrogens is 2. The van der Waals surface area contributed by atoms with E-state index in [1.807, 2.05) is 0 Å². The van der Waals surface area contributed by atoms with Crippen LogP contribution in [-0.4, -0.2) is 27.4 Å². The molecule has 6 nitrogen and oxygen atoms in total. The van der Waals surface area contributed by atoms with Gasteiger partial charge in [0, 0.05) is 18.3 Å². The number of hydrogen-bond acceptors (Lipinski definition) is 4. The van der Waals surface area contributed by atoms with Crippen molar-refractivity contribution in [2.45, 2.75) is 39.6 Å². The highest BCUT2D eigenvalue weighted by Gasteiger charge is 2.24. The Bertz CT molecular complexity index is 1110. The number of hydrogen-bond donors (Lipinski definition) is 2. The van der Waals surface area contributed by atoms with E-state index < -0.39 is 35.0 Å². The smallest absolute Gasteiger partial charge is 0.270 e. The zero-order valence-electron chi connectivity index (χ0n) is 17.1. The molecule has 0 radical (unpaired) electrons. The summed E-state index contributed by atoms with van der Waals surface area (Å²) in [5.74, 6) is -2.90. The summed E-state index contributed by atoms with van der Waals surface area (Å²) in [6.45, 7) is 7.14. The zero-order valence-corrected chi connectivity index (χ0v) is 17.1. The molecule has 3 rings (SSSR count). The predicted molar refractivity (Wildman–Crippen MR) is 106 cm³/mol. The summed E-state index contributed by atoms with van der Waals surface area (Å²) < 4.78 is 48.8. The fourth-order valence-corrected chi connectivity index (χ4v) is 2.98. The minimum absolute atomic E-state index is 0.00698. The summed E-state index contributed by atoms with van der Waals surface area (Å²) in [6, 6.07) is 4.69. The molecule has 30 heavy (non-hydrogen) atoms. The SMILES string of the molecule is Cc1cc(OC(F)c2cccc(F)c2F)c2nc(C)c(C(=O)NCC(C)(C)N)n2c1. The van der Waals surface area contributed by atoms with Crippen molar-refractivity contribution in [3.8, 4) is 5.75 Å². The molecule has 2 aromatic heterocycles. The molecule has 160 valence electrons. The van der Waals surface area contributed by atoms with E-state index in [1.165, 1.54) is 16.5 Å². The Kier molecular flexibility index (Phi) is 5.76. The van der Waals surface area contributed by atoms with Crippen LogP contribution in [0.5, 0.6) is 5.75 Å². The first kappa shape index (κ1) is 21.6. The fourth-order valence-electron chi connectivity index (χ4n) is 2.98. The molecule has 3 aromatic rings. The van der Waals surface area contributed by atoms with Crippen LogP contribution in [0.2, 0.25) is 0 Å². The van der Waals surface area contributed by atoms with Crippen molar-refractivity contribution >= 4 is 11.6 Å². The number of halogens is 3. The van der Waals surface area contributed by atoms with Gasteiger partial charge in [-0.1, -0.05) is 6.07 Å². The molecular weight excluding hydrogens is 397 g/mol. The topological polar surface area (TPSA) is 81.6 Å². The van der Waals surface area contributed by atoms with Gasteiger partial charge in [0.1, 0.15) is 5.69 Å². The van der Waals surface area contributed by atoms with Crippen molar-refractivity contribution in [2.75, 3.05) is 6.54 Å². The van der Waals surface area contributed by atoms with Crippen molar-refractivity contribution in [3.05, 3.63) is 64.6 Å². The number of benzene rings is 1. The number of aryl methyl sites for hydroxylation is 2. The molecule has 0 spiro atoms. The number of carbonyl (C=O) groups is 1. The van der Waals surface area contributed by atoms with Crippen LogP contribution in [0.3, 0.4) is 0 Å². The van der Waals surface area contributed by atoms with Crippen LogP contribution in [0.4, 0.5) is 13.2 Å². The van der Waals surface area contributed by atoms with E-state index >= 15 is 0 Å². The summed E-state index contributed by atoms with van der Waals surface area (Å²) in [5, 5.41) is 2.75. The minimum atomic E-state index is -2.27. The molecule has 0 aliphatic carbocycles. The molecule has 0 aliphatic rings. The highest BCUT2D eigenvalue weighted by atomic mass is 19.2. The van der Waals surface area contributed by atoms with Crippen LogP contribution in [-0.2, 0) is 0 Å². The van der Waals surface area contributed by atoms with Crippen LogP contribution in [0.15, 0.2) is 30.5 Å². The second-order valence-corrected chi connectivity index (χ2v) is 7.87. The van der Waals surface area contributed by atoms with Gasteiger partial charge in [-0.25, -0.2) is 13.8 Å². The number of imidazole rings is 1. The van der Waals surface area contributed by atoms with Gasteiger partial charge in [-0.2, -0.15) is 4.39 Å². The first-order valence-corrected chi connectivity index (χ1v) is 9.29. The molecule has 0 saturated carbocycles. The number of amides is 1. The lowest BCUT2D eigenvalue weighted by Gasteiger charge is -2.19. The molecule has 0 fully saturated rings. The largest absolute Gasteiger partial charge is 0.452 e. The van der Waals surface area contributed by atoms with Crippen molar-refractivity contribution in [3.63, 3.8) is 0 Å². The van der Waals surface area contributed by atoms with Crippen LogP contribution >= 0.6 is 0 Å². The van der Waals surface area contributed by atoms with Crippen LogP contribution in [0, 0.1) is 25.5 Å². The molecule has 9 heteroatoms. The summed E-state index contributed by atoms with van der Waals surface area (Å²) in [7, 11) is 0. The van der Waals surface area contributed by atoms with Gasteiger partial charge in [0.05, 0.1) is 11.3 Å². The summed E-state index contributed by atoms with van der Waals surface area (Å²) >= 11 is 0. The van der Waals surface area contributed by atoms with Gasteiger partial charge in [-0.3, -0.25) is 9.20 Å². The quantitative estimate of drug-likeness (QED) is 0.637. The molecule has 0 bridgehead atoms. The molecule has 1 unspecified atom stereocenters. The van der Waals surface area contributed by atoms with Gasteiger partial charge in [0.2, 0.25) is 0 Å². The van der Waals surface area contributed by atoms with Crippen LogP contribution in [0.1, 0.15) is 47.5 Å². The molecule has 1 amide bonds. The summed E-state index contributed by atoms with van der Waals surface area (Å²) in [4.78, 5) is 17.0.